The summed E-state index contributed by atoms with van der Waals surface area (Å²) in [6, 6.07) is 18.1. The van der Waals surface area contributed by atoms with Gasteiger partial charge in [-0.3, -0.25) is 14.3 Å². The summed E-state index contributed by atoms with van der Waals surface area (Å²) in [6.07, 6.45) is 4.89. The predicted molar refractivity (Wildman–Crippen MR) is 111 cm³/mol. The number of hydrogen-bond acceptors (Lipinski definition) is 3. The van der Waals surface area contributed by atoms with Crippen molar-refractivity contribution in [2.75, 3.05) is 5.32 Å². The maximum atomic E-state index is 12.7. The fourth-order valence-electron chi connectivity index (χ4n) is 2.75. The first-order chi connectivity index (χ1) is 13.6. The fraction of sp³-hybridized carbons (Fsp3) is 0. The van der Waals surface area contributed by atoms with Crippen molar-refractivity contribution in [3.63, 3.8) is 0 Å². The first-order valence-corrected chi connectivity index (χ1v) is 9.19. The minimum Gasteiger partial charge on any atom is -0.319 e. The van der Waals surface area contributed by atoms with E-state index in [1.54, 1.807) is 48.9 Å². The molecule has 0 radical (unpaired) electrons. The van der Waals surface area contributed by atoms with Crippen LogP contribution < -0.4 is 5.32 Å². The summed E-state index contributed by atoms with van der Waals surface area (Å²) in [4.78, 5) is 21.3. The summed E-state index contributed by atoms with van der Waals surface area (Å²) in [5.41, 5.74) is 2.38. The minimum atomic E-state index is -0.339. The van der Waals surface area contributed by atoms with E-state index in [0.717, 1.165) is 11.3 Å². The molecule has 0 bridgehead atoms. The molecule has 0 unspecified atom stereocenters. The molecule has 2 heterocycles. The van der Waals surface area contributed by atoms with Gasteiger partial charge in [-0.2, -0.15) is 0 Å². The third-order valence-electron chi connectivity index (χ3n) is 4.08. The highest BCUT2D eigenvalue weighted by Gasteiger charge is 2.18. The van der Waals surface area contributed by atoms with Gasteiger partial charge in [0.05, 0.1) is 16.9 Å². The second-order valence-electron chi connectivity index (χ2n) is 5.97. The molecule has 0 saturated heterocycles. The maximum absolute atomic E-state index is 12.7. The summed E-state index contributed by atoms with van der Waals surface area (Å²) < 4.78 is 1.82. The van der Waals surface area contributed by atoms with Crippen molar-refractivity contribution in [3.8, 4) is 17.1 Å². The average molecular weight is 409 g/mol. The number of anilines is 1. The molecule has 1 N–H and O–H groups in total. The van der Waals surface area contributed by atoms with E-state index in [2.05, 4.69) is 15.3 Å². The summed E-state index contributed by atoms with van der Waals surface area (Å²) in [5, 5.41) is 3.96. The normalized spacial score (nSPS) is 10.6. The van der Waals surface area contributed by atoms with Gasteiger partial charge in [-0.05, 0) is 48.5 Å². The number of halogens is 2. The Bertz CT molecular complexity index is 1120. The number of carbonyl (C=O) groups excluding carboxylic acids is 1. The van der Waals surface area contributed by atoms with Crippen LogP contribution in [0.1, 0.15) is 10.5 Å². The van der Waals surface area contributed by atoms with Gasteiger partial charge < -0.3 is 5.32 Å². The minimum absolute atomic E-state index is 0.258. The van der Waals surface area contributed by atoms with Crippen LogP contribution in [0.3, 0.4) is 0 Å². The van der Waals surface area contributed by atoms with Crippen LogP contribution in [0.5, 0.6) is 0 Å². The highest BCUT2D eigenvalue weighted by atomic mass is 35.5. The molecule has 4 aromatic rings. The largest absolute Gasteiger partial charge is 0.319 e. The van der Waals surface area contributed by atoms with Gasteiger partial charge in [-0.1, -0.05) is 35.3 Å². The van der Waals surface area contributed by atoms with E-state index >= 15 is 0 Å². The van der Waals surface area contributed by atoms with Crippen LogP contribution in [-0.2, 0) is 0 Å². The second-order valence-corrected chi connectivity index (χ2v) is 6.82. The topological polar surface area (TPSA) is 59.8 Å². The third-order valence-corrected chi connectivity index (χ3v) is 4.66. The van der Waals surface area contributed by atoms with Crippen LogP contribution in [0.15, 0.2) is 79.3 Å². The molecular formula is C21H14Cl2N4O. The van der Waals surface area contributed by atoms with Crippen LogP contribution in [0.4, 0.5) is 5.69 Å². The van der Waals surface area contributed by atoms with Gasteiger partial charge in [0.1, 0.15) is 11.5 Å². The molecule has 0 spiro atoms. The van der Waals surface area contributed by atoms with Crippen LogP contribution in [-0.4, -0.2) is 20.4 Å². The third kappa shape index (κ3) is 3.76. The Kier molecular flexibility index (Phi) is 5.10. The smallest absolute Gasteiger partial charge is 0.275 e. The zero-order valence-corrected chi connectivity index (χ0v) is 16.0. The Hall–Kier alpha value is -3.15. The number of nitrogens with zero attached hydrogens (tertiary/aromatic N) is 3. The van der Waals surface area contributed by atoms with E-state index in [9.17, 15) is 4.79 Å². The van der Waals surface area contributed by atoms with E-state index in [0.29, 0.717) is 21.6 Å². The Morgan fingerprint density at radius 1 is 0.964 bits per heavy atom. The van der Waals surface area contributed by atoms with Gasteiger partial charge in [0, 0.05) is 28.7 Å². The molecule has 0 atom stereocenters. The molecule has 28 heavy (non-hydrogen) atoms. The highest BCUT2D eigenvalue weighted by molar-refractivity contribution is 6.33. The molecule has 2 aromatic carbocycles. The zero-order chi connectivity index (χ0) is 19.5. The van der Waals surface area contributed by atoms with Crippen molar-refractivity contribution in [3.05, 3.63) is 95.0 Å². The van der Waals surface area contributed by atoms with Crippen molar-refractivity contribution >= 4 is 34.8 Å². The number of amides is 1. The number of carbonyl (C=O) groups is 1. The summed E-state index contributed by atoms with van der Waals surface area (Å²) >= 11 is 12.4. The van der Waals surface area contributed by atoms with E-state index < -0.39 is 0 Å². The summed E-state index contributed by atoms with van der Waals surface area (Å²) in [5.74, 6) is 0.221. The van der Waals surface area contributed by atoms with E-state index in [4.69, 9.17) is 23.2 Å². The number of rotatable bonds is 4. The standard InChI is InChI=1S/C21H14Cl2N4O/c22-14-7-9-16(10-8-14)27-13-19(21(28)25-15-4-3-11-24-12-15)26-20(27)17-5-1-2-6-18(17)23/h1-13H,(H,25,28). The van der Waals surface area contributed by atoms with Crippen molar-refractivity contribution in [1.82, 2.24) is 14.5 Å². The van der Waals surface area contributed by atoms with Crippen molar-refractivity contribution in [2.24, 2.45) is 0 Å². The van der Waals surface area contributed by atoms with Crippen molar-refractivity contribution < 1.29 is 4.79 Å². The van der Waals surface area contributed by atoms with Gasteiger partial charge in [-0.25, -0.2) is 4.98 Å². The van der Waals surface area contributed by atoms with Crippen LogP contribution in [0.2, 0.25) is 10.0 Å². The molecule has 1 amide bonds. The monoisotopic (exact) mass is 408 g/mol. The van der Waals surface area contributed by atoms with E-state index in [1.165, 1.54) is 0 Å². The highest BCUT2D eigenvalue weighted by Crippen LogP contribution is 2.29. The first-order valence-electron chi connectivity index (χ1n) is 8.43. The SMILES string of the molecule is O=C(Nc1cccnc1)c1cn(-c2ccc(Cl)cc2)c(-c2ccccc2Cl)n1. The van der Waals surface area contributed by atoms with Gasteiger partial charge in [0.25, 0.3) is 5.91 Å². The van der Waals surface area contributed by atoms with Gasteiger partial charge in [-0.15, -0.1) is 0 Å². The van der Waals surface area contributed by atoms with Gasteiger partial charge in [0.15, 0.2) is 0 Å². The fourth-order valence-corrected chi connectivity index (χ4v) is 3.10. The first kappa shape index (κ1) is 18.2. The number of imidazole rings is 1. The van der Waals surface area contributed by atoms with E-state index in [1.807, 2.05) is 34.9 Å². The lowest BCUT2D eigenvalue weighted by molar-refractivity contribution is 0.102. The van der Waals surface area contributed by atoms with Crippen molar-refractivity contribution in [2.45, 2.75) is 0 Å². The van der Waals surface area contributed by atoms with Crippen LogP contribution in [0, 0.1) is 0 Å². The molecule has 0 saturated carbocycles. The Morgan fingerprint density at radius 2 is 1.75 bits per heavy atom. The average Bonchev–Trinajstić information content (AvgIpc) is 3.15. The lowest BCUT2D eigenvalue weighted by Crippen LogP contribution is -2.12. The maximum Gasteiger partial charge on any atom is 0.275 e. The number of hydrogen-bond donors (Lipinski definition) is 1. The van der Waals surface area contributed by atoms with E-state index in [-0.39, 0.29) is 11.6 Å². The van der Waals surface area contributed by atoms with Crippen LogP contribution >= 0.6 is 23.2 Å². The molecular weight excluding hydrogens is 395 g/mol. The van der Waals surface area contributed by atoms with Crippen LogP contribution in [0.25, 0.3) is 17.1 Å². The number of pyridine rings is 1. The summed E-state index contributed by atoms with van der Waals surface area (Å²) in [7, 11) is 0. The Labute approximate surface area is 171 Å². The molecule has 7 heteroatoms. The zero-order valence-electron chi connectivity index (χ0n) is 14.5. The molecule has 2 aromatic heterocycles. The quantitative estimate of drug-likeness (QED) is 0.485. The molecule has 4 rings (SSSR count). The molecule has 138 valence electrons. The Morgan fingerprint density at radius 3 is 2.46 bits per heavy atom. The van der Waals surface area contributed by atoms with Gasteiger partial charge in [0.2, 0.25) is 0 Å². The number of nitrogens with one attached hydrogen (secondary N) is 1. The molecule has 0 aliphatic rings. The lowest BCUT2D eigenvalue weighted by atomic mass is 10.2. The Balaban J connectivity index is 1.79. The van der Waals surface area contributed by atoms with Crippen molar-refractivity contribution in [1.29, 1.82) is 0 Å². The predicted octanol–water partition coefficient (Wildman–Crippen LogP) is 5.49. The second kappa shape index (κ2) is 7.84. The number of benzene rings is 2. The summed E-state index contributed by atoms with van der Waals surface area (Å²) in [6.45, 7) is 0. The lowest BCUT2D eigenvalue weighted by Gasteiger charge is -2.09. The molecule has 0 fully saturated rings. The molecule has 0 aliphatic heterocycles. The molecule has 0 aliphatic carbocycles. The number of aromatic nitrogens is 3. The van der Waals surface area contributed by atoms with Gasteiger partial charge >= 0.3 is 0 Å². The molecule has 5 nitrogen and oxygen atoms in total.